The maximum Gasteiger partial charge on any atom is 0.153 e. The molecular formula is C16H17N3O. The number of aromatic nitrogens is 3. The first-order valence-electron chi connectivity index (χ1n) is 6.57. The Kier molecular flexibility index (Phi) is 2.93. The minimum Gasteiger partial charge on any atom is -0.496 e. The van der Waals surface area contributed by atoms with Gasteiger partial charge in [-0.3, -0.25) is 0 Å². The zero-order chi connectivity index (χ0) is 14.3. The molecule has 20 heavy (non-hydrogen) atoms. The molecule has 0 spiro atoms. The molecule has 102 valence electrons. The van der Waals surface area contributed by atoms with Gasteiger partial charge in [-0.25, -0.2) is 9.50 Å². The van der Waals surface area contributed by atoms with Crippen LogP contribution in [0.1, 0.15) is 16.8 Å². The number of hydrogen-bond acceptors (Lipinski definition) is 3. The van der Waals surface area contributed by atoms with Crippen LogP contribution in [0.25, 0.3) is 16.9 Å². The van der Waals surface area contributed by atoms with Crippen molar-refractivity contribution in [2.75, 3.05) is 7.11 Å². The summed E-state index contributed by atoms with van der Waals surface area (Å²) in [4.78, 5) is 4.39. The fourth-order valence-electron chi connectivity index (χ4n) is 2.30. The Morgan fingerprint density at radius 2 is 1.80 bits per heavy atom. The summed E-state index contributed by atoms with van der Waals surface area (Å²) < 4.78 is 7.29. The number of nitrogens with zero attached hydrogens (tertiary/aromatic N) is 3. The normalized spacial score (nSPS) is 11.0. The Hall–Kier alpha value is -2.36. The van der Waals surface area contributed by atoms with E-state index >= 15 is 0 Å². The van der Waals surface area contributed by atoms with Crippen LogP contribution >= 0.6 is 0 Å². The van der Waals surface area contributed by atoms with Gasteiger partial charge in [0.25, 0.3) is 0 Å². The number of aryl methyl sites for hydroxylation is 3. The molecule has 2 aromatic heterocycles. The Balaban J connectivity index is 2.21. The van der Waals surface area contributed by atoms with Crippen LogP contribution in [0.5, 0.6) is 5.75 Å². The first-order valence-corrected chi connectivity index (χ1v) is 6.57. The molecule has 0 fully saturated rings. The van der Waals surface area contributed by atoms with Crippen LogP contribution in [0, 0.1) is 20.8 Å². The average Bonchev–Trinajstić information content (AvgIpc) is 2.80. The smallest absolute Gasteiger partial charge is 0.153 e. The van der Waals surface area contributed by atoms with Crippen molar-refractivity contribution in [1.82, 2.24) is 14.6 Å². The first kappa shape index (κ1) is 12.7. The van der Waals surface area contributed by atoms with Crippen LogP contribution in [-0.2, 0) is 0 Å². The molecule has 3 rings (SSSR count). The monoisotopic (exact) mass is 267 g/mol. The third kappa shape index (κ3) is 2.03. The largest absolute Gasteiger partial charge is 0.496 e. The quantitative estimate of drug-likeness (QED) is 0.715. The molecule has 0 saturated heterocycles. The van der Waals surface area contributed by atoms with E-state index in [-0.39, 0.29) is 0 Å². The van der Waals surface area contributed by atoms with Gasteiger partial charge in [0.05, 0.1) is 24.7 Å². The number of ether oxygens (including phenoxy) is 1. The van der Waals surface area contributed by atoms with Gasteiger partial charge < -0.3 is 4.74 Å². The van der Waals surface area contributed by atoms with Crippen molar-refractivity contribution >= 4 is 5.65 Å². The Bertz CT molecular complexity index is 790. The van der Waals surface area contributed by atoms with Crippen LogP contribution in [0.3, 0.4) is 0 Å². The number of rotatable bonds is 2. The van der Waals surface area contributed by atoms with Gasteiger partial charge in [-0.05, 0) is 56.2 Å². The third-order valence-corrected chi connectivity index (χ3v) is 3.53. The summed E-state index contributed by atoms with van der Waals surface area (Å²) >= 11 is 0. The summed E-state index contributed by atoms with van der Waals surface area (Å²) in [5.41, 5.74) is 6.14. The Morgan fingerprint density at radius 3 is 2.55 bits per heavy atom. The fraction of sp³-hybridized carbons (Fsp3) is 0.250. The maximum absolute atomic E-state index is 5.49. The maximum atomic E-state index is 5.49. The van der Waals surface area contributed by atoms with Gasteiger partial charge >= 0.3 is 0 Å². The lowest BCUT2D eigenvalue weighted by atomic mass is 10.0. The lowest BCUT2D eigenvalue weighted by Gasteiger charge is -2.11. The van der Waals surface area contributed by atoms with E-state index in [1.165, 1.54) is 11.1 Å². The molecule has 0 amide bonds. The Labute approximate surface area is 118 Å². The SMILES string of the molecule is COc1cc(C)c(C)cc1-c1ccc2nc(C)cn2n1. The minimum absolute atomic E-state index is 0.844. The Morgan fingerprint density at radius 1 is 1.05 bits per heavy atom. The molecule has 0 aliphatic carbocycles. The zero-order valence-corrected chi connectivity index (χ0v) is 12.1. The number of fused-ring (bicyclic) bond motifs is 1. The topological polar surface area (TPSA) is 39.4 Å². The third-order valence-electron chi connectivity index (χ3n) is 3.53. The van der Waals surface area contributed by atoms with Gasteiger partial charge in [0, 0.05) is 5.56 Å². The van der Waals surface area contributed by atoms with E-state index in [0.717, 1.165) is 28.3 Å². The van der Waals surface area contributed by atoms with Crippen molar-refractivity contribution in [2.45, 2.75) is 20.8 Å². The fourth-order valence-corrected chi connectivity index (χ4v) is 2.30. The molecule has 0 unspecified atom stereocenters. The van der Waals surface area contributed by atoms with E-state index in [1.54, 1.807) is 11.6 Å². The molecule has 0 N–H and O–H groups in total. The molecule has 3 aromatic rings. The van der Waals surface area contributed by atoms with Gasteiger partial charge in [0.1, 0.15) is 5.75 Å². The van der Waals surface area contributed by atoms with Crippen molar-refractivity contribution in [2.24, 2.45) is 0 Å². The van der Waals surface area contributed by atoms with E-state index in [2.05, 4.69) is 36.1 Å². The summed E-state index contributed by atoms with van der Waals surface area (Å²) in [6.45, 7) is 6.14. The van der Waals surface area contributed by atoms with Crippen molar-refractivity contribution in [3.63, 3.8) is 0 Å². The summed E-state index contributed by atoms with van der Waals surface area (Å²) in [5, 5.41) is 4.62. The summed E-state index contributed by atoms with van der Waals surface area (Å²) in [5.74, 6) is 0.844. The molecule has 2 heterocycles. The van der Waals surface area contributed by atoms with E-state index in [1.807, 2.05) is 25.3 Å². The lowest BCUT2D eigenvalue weighted by Crippen LogP contribution is -1.97. The van der Waals surface area contributed by atoms with Gasteiger partial charge in [-0.2, -0.15) is 5.10 Å². The summed E-state index contributed by atoms with van der Waals surface area (Å²) in [7, 11) is 1.69. The predicted octanol–water partition coefficient (Wildman–Crippen LogP) is 3.33. The molecule has 0 radical (unpaired) electrons. The van der Waals surface area contributed by atoms with Crippen LogP contribution in [0.4, 0.5) is 0 Å². The molecule has 1 aromatic carbocycles. The lowest BCUT2D eigenvalue weighted by molar-refractivity contribution is 0.416. The van der Waals surface area contributed by atoms with Crippen molar-refractivity contribution < 1.29 is 4.74 Å². The molecule has 0 bridgehead atoms. The second kappa shape index (κ2) is 4.63. The second-order valence-electron chi connectivity index (χ2n) is 5.04. The van der Waals surface area contributed by atoms with Gasteiger partial charge in [-0.1, -0.05) is 0 Å². The van der Waals surface area contributed by atoms with E-state index in [4.69, 9.17) is 4.74 Å². The van der Waals surface area contributed by atoms with Gasteiger partial charge in [-0.15, -0.1) is 0 Å². The van der Waals surface area contributed by atoms with Gasteiger partial charge in [0.2, 0.25) is 0 Å². The van der Waals surface area contributed by atoms with Crippen LogP contribution < -0.4 is 4.74 Å². The predicted molar refractivity (Wildman–Crippen MR) is 79.2 cm³/mol. The van der Waals surface area contributed by atoms with Gasteiger partial charge in [0.15, 0.2) is 5.65 Å². The van der Waals surface area contributed by atoms with E-state index < -0.39 is 0 Å². The van der Waals surface area contributed by atoms with Crippen LogP contribution in [-0.4, -0.2) is 21.7 Å². The molecule has 0 aliphatic heterocycles. The number of imidazole rings is 1. The van der Waals surface area contributed by atoms with Crippen molar-refractivity contribution in [1.29, 1.82) is 0 Å². The number of methoxy groups -OCH3 is 1. The highest BCUT2D eigenvalue weighted by atomic mass is 16.5. The molecule has 0 saturated carbocycles. The highest BCUT2D eigenvalue weighted by Crippen LogP contribution is 2.31. The highest BCUT2D eigenvalue weighted by molar-refractivity contribution is 5.69. The van der Waals surface area contributed by atoms with Crippen LogP contribution in [0.2, 0.25) is 0 Å². The summed E-state index contributed by atoms with van der Waals surface area (Å²) in [6, 6.07) is 8.13. The minimum atomic E-state index is 0.844. The number of hydrogen-bond donors (Lipinski definition) is 0. The van der Waals surface area contributed by atoms with Crippen molar-refractivity contribution in [3.8, 4) is 17.0 Å². The van der Waals surface area contributed by atoms with E-state index in [9.17, 15) is 0 Å². The molecule has 0 atom stereocenters. The van der Waals surface area contributed by atoms with Crippen molar-refractivity contribution in [3.05, 3.63) is 47.3 Å². The molecular weight excluding hydrogens is 250 g/mol. The zero-order valence-electron chi connectivity index (χ0n) is 12.1. The standard InChI is InChI=1S/C16H17N3O/c1-10-7-13(15(20-4)8-11(10)2)14-5-6-16-17-12(3)9-19(16)18-14/h5-9H,1-4H3. The number of benzene rings is 1. The van der Waals surface area contributed by atoms with Crippen LogP contribution in [0.15, 0.2) is 30.5 Å². The first-order chi connectivity index (χ1) is 9.58. The summed E-state index contributed by atoms with van der Waals surface area (Å²) in [6.07, 6.45) is 1.92. The molecule has 0 aliphatic rings. The second-order valence-corrected chi connectivity index (χ2v) is 5.04. The molecule has 4 heteroatoms. The van der Waals surface area contributed by atoms with E-state index in [0.29, 0.717) is 0 Å². The molecule has 4 nitrogen and oxygen atoms in total. The highest BCUT2D eigenvalue weighted by Gasteiger charge is 2.11. The average molecular weight is 267 g/mol.